The van der Waals surface area contributed by atoms with Gasteiger partial charge in [0.1, 0.15) is 0 Å². The molecule has 2 aromatic heterocycles. The number of aromatic nitrogens is 3. The van der Waals surface area contributed by atoms with Gasteiger partial charge in [-0.1, -0.05) is 0 Å². The molecule has 1 aromatic carbocycles. The van der Waals surface area contributed by atoms with Crippen LogP contribution in [-0.4, -0.2) is 31.9 Å². The predicted molar refractivity (Wildman–Crippen MR) is 107 cm³/mol. The molecule has 3 heterocycles. The molecule has 0 saturated heterocycles. The molecule has 5 nitrogen and oxygen atoms in total. The molecular formula is C20H22IN4OS-. The monoisotopic (exact) mass is 493 g/mol. The van der Waals surface area contributed by atoms with Crippen LogP contribution >= 0.6 is 8.93 Å². The minimum absolute atomic E-state index is 0.0555. The second kappa shape index (κ2) is 6.27. The summed E-state index contributed by atoms with van der Waals surface area (Å²) in [5.74, 6) is 0.237. The zero-order valence-corrected chi connectivity index (χ0v) is 18.6. The number of aromatic amines is 2. The topological polar surface area (TPSA) is 64.8 Å². The molecule has 0 spiro atoms. The number of amides is 1. The first kappa shape index (κ1) is 17.6. The van der Waals surface area contributed by atoms with Crippen LogP contribution in [0.1, 0.15) is 37.0 Å². The Morgan fingerprint density at radius 2 is 2.15 bits per heavy atom. The van der Waals surface area contributed by atoms with E-state index in [1.54, 1.807) is 0 Å². The van der Waals surface area contributed by atoms with Gasteiger partial charge in [-0.25, -0.2) is 0 Å². The Kier molecular flexibility index (Phi) is 4.09. The number of hydrogen-bond donors (Lipinski definition) is 2. The van der Waals surface area contributed by atoms with Crippen molar-refractivity contribution in [3.05, 3.63) is 35.0 Å². The molecule has 0 saturated carbocycles. The number of nitrogens with zero attached hydrogens (tertiary/aromatic N) is 2. The maximum absolute atomic E-state index is 13.1. The van der Waals surface area contributed by atoms with Crippen LogP contribution in [-0.2, 0) is 23.1 Å². The SMILES string of the molecule is CS[I-]CN1C(=O)C(C)(C)c2cc3[nH]c4c(c3cc21)CCCc1cn[nH]c1-4. The van der Waals surface area contributed by atoms with Gasteiger partial charge in [0.2, 0.25) is 0 Å². The Balaban J connectivity index is 1.73. The van der Waals surface area contributed by atoms with E-state index >= 15 is 0 Å². The van der Waals surface area contributed by atoms with E-state index in [1.165, 1.54) is 22.2 Å². The van der Waals surface area contributed by atoms with Crippen LogP contribution < -0.4 is 24.7 Å². The van der Waals surface area contributed by atoms with Gasteiger partial charge in [0, 0.05) is 0 Å². The Morgan fingerprint density at radius 3 is 2.96 bits per heavy atom. The third-order valence-electron chi connectivity index (χ3n) is 5.88. The fourth-order valence-electron chi connectivity index (χ4n) is 4.43. The molecule has 3 aromatic rings. The number of nitrogens with one attached hydrogen (secondary N) is 2. The third kappa shape index (κ3) is 2.50. The molecule has 1 aliphatic carbocycles. The standard InChI is InChI=1S/C20H22IN4OS/c1-20(2)14-8-15-13(7-16(14)25(19(20)26)10-21-27-3)12-6-4-5-11-9-22-24-17(11)18(12)23-15/h7-9,23H,4-6,10H2,1-3H3,(H,22,24)/q-1. The molecule has 0 bridgehead atoms. The molecular weight excluding hydrogens is 471 g/mol. The van der Waals surface area contributed by atoms with E-state index in [9.17, 15) is 4.79 Å². The van der Waals surface area contributed by atoms with E-state index in [0.29, 0.717) is 0 Å². The third-order valence-corrected chi connectivity index (χ3v) is 9.59. The van der Waals surface area contributed by atoms with Gasteiger partial charge < -0.3 is 0 Å². The van der Waals surface area contributed by atoms with Crippen LogP contribution in [0.2, 0.25) is 0 Å². The molecule has 5 rings (SSSR count). The summed E-state index contributed by atoms with van der Waals surface area (Å²) in [7, 11) is 1.89. The fourth-order valence-corrected chi connectivity index (χ4v) is 6.98. The Morgan fingerprint density at radius 1 is 1.30 bits per heavy atom. The number of carbonyl (C=O) groups is 1. The number of carbonyl (C=O) groups excluding carboxylic acids is 1. The summed E-state index contributed by atoms with van der Waals surface area (Å²) in [4.78, 5) is 18.8. The van der Waals surface area contributed by atoms with Crippen LogP contribution in [0, 0.1) is 0 Å². The molecule has 27 heavy (non-hydrogen) atoms. The summed E-state index contributed by atoms with van der Waals surface area (Å²) in [6, 6.07) is 4.47. The number of aryl methyl sites for hydroxylation is 2. The Bertz CT molecular complexity index is 1070. The van der Waals surface area contributed by atoms with Gasteiger partial charge in [0.15, 0.2) is 0 Å². The normalized spacial score (nSPS) is 17.9. The molecule has 1 amide bonds. The molecule has 0 unspecified atom stereocenters. The zero-order chi connectivity index (χ0) is 18.8. The van der Waals surface area contributed by atoms with Crippen molar-refractivity contribution in [2.24, 2.45) is 0 Å². The second-order valence-electron chi connectivity index (χ2n) is 7.76. The van der Waals surface area contributed by atoms with Crippen LogP contribution in [0.15, 0.2) is 18.3 Å². The fraction of sp³-hybridized carbons (Fsp3) is 0.400. The van der Waals surface area contributed by atoms with Crippen molar-refractivity contribution in [2.45, 2.75) is 38.5 Å². The van der Waals surface area contributed by atoms with E-state index < -0.39 is 5.41 Å². The van der Waals surface area contributed by atoms with Crippen LogP contribution in [0.25, 0.3) is 22.3 Å². The average molecular weight is 493 g/mol. The molecule has 142 valence electrons. The number of alkyl halides is 1. The van der Waals surface area contributed by atoms with Gasteiger partial charge in [-0.15, -0.1) is 0 Å². The number of hydrogen-bond acceptors (Lipinski definition) is 3. The van der Waals surface area contributed by atoms with Gasteiger partial charge >= 0.3 is 172 Å². The first-order valence-electron chi connectivity index (χ1n) is 9.18. The average Bonchev–Trinajstić information content (AvgIpc) is 3.26. The van der Waals surface area contributed by atoms with Gasteiger partial charge in [-0.05, 0) is 0 Å². The van der Waals surface area contributed by atoms with E-state index in [2.05, 4.69) is 47.4 Å². The number of fused-ring (bicyclic) bond motifs is 6. The first-order valence-corrected chi connectivity index (χ1v) is 14.5. The van der Waals surface area contributed by atoms with Gasteiger partial charge in [-0.3, -0.25) is 0 Å². The number of benzene rings is 1. The van der Waals surface area contributed by atoms with Crippen LogP contribution in [0.5, 0.6) is 0 Å². The summed E-state index contributed by atoms with van der Waals surface area (Å²) in [6.07, 6.45) is 7.31. The summed E-state index contributed by atoms with van der Waals surface area (Å²) >= 11 is -0.0555. The quantitative estimate of drug-likeness (QED) is 0.325. The molecule has 2 N–H and O–H groups in total. The van der Waals surface area contributed by atoms with Crippen molar-refractivity contribution >= 4 is 31.4 Å². The molecule has 1 aliphatic heterocycles. The predicted octanol–water partition coefficient (Wildman–Crippen LogP) is 0.995. The molecule has 0 atom stereocenters. The van der Waals surface area contributed by atoms with Crippen molar-refractivity contribution < 1.29 is 24.6 Å². The summed E-state index contributed by atoms with van der Waals surface area (Å²) < 4.78 is 0.873. The second-order valence-corrected chi connectivity index (χ2v) is 13.5. The van der Waals surface area contributed by atoms with E-state index in [1.807, 2.05) is 20.0 Å². The number of rotatable bonds is 3. The van der Waals surface area contributed by atoms with Crippen molar-refractivity contribution in [1.29, 1.82) is 0 Å². The maximum atomic E-state index is 13.1. The molecule has 0 radical (unpaired) electrons. The zero-order valence-electron chi connectivity index (χ0n) is 15.6. The Labute approximate surface area is 171 Å². The minimum atomic E-state index is -0.465. The van der Waals surface area contributed by atoms with Crippen molar-refractivity contribution in [1.82, 2.24) is 15.2 Å². The number of anilines is 1. The van der Waals surface area contributed by atoms with Crippen molar-refractivity contribution in [3.63, 3.8) is 0 Å². The number of H-pyrrole nitrogens is 2. The van der Waals surface area contributed by atoms with E-state index in [0.717, 1.165) is 46.3 Å². The first-order chi connectivity index (χ1) is 13.0. The summed E-state index contributed by atoms with van der Waals surface area (Å²) in [5.41, 5.74) is 7.86. The summed E-state index contributed by atoms with van der Waals surface area (Å²) in [5, 5.41) is 8.70. The molecule has 0 fully saturated rings. The van der Waals surface area contributed by atoms with Gasteiger partial charge in [-0.2, -0.15) is 0 Å². The van der Waals surface area contributed by atoms with Crippen molar-refractivity contribution in [3.8, 4) is 11.4 Å². The molecule has 2 aliphatic rings. The van der Waals surface area contributed by atoms with E-state index in [-0.39, 0.29) is 25.7 Å². The van der Waals surface area contributed by atoms with Crippen molar-refractivity contribution in [2.75, 3.05) is 15.7 Å². The Hall–Kier alpha value is -1.48. The number of halogens is 1. The van der Waals surface area contributed by atoms with Gasteiger partial charge in [0.25, 0.3) is 0 Å². The van der Waals surface area contributed by atoms with E-state index in [4.69, 9.17) is 0 Å². The summed E-state index contributed by atoms with van der Waals surface area (Å²) in [6.45, 7) is 4.11. The van der Waals surface area contributed by atoms with Gasteiger partial charge in [0.05, 0.1) is 0 Å². The molecule has 7 heteroatoms. The van der Waals surface area contributed by atoms with Crippen LogP contribution in [0.4, 0.5) is 5.69 Å². The van der Waals surface area contributed by atoms with Crippen LogP contribution in [0.3, 0.4) is 0 Å².